The van der Waals surface area contributed by atoms with E-state index in [1.54, 1.807) is 12.1 Å². The third-order valence-electron chi connectivity index (χ3n) is 7.75. The Kier molecular flexibility index (Phi) is 7.89. The Hall–Kier alpha value is -3.28. The van der Waals surface area contributed by atoms with Gasteiger partial charge in [0.05, 0.1) is 6.61 Å². The van der Waals surface area contributed by atoms with Gasteiger partial charge in [0, 0.05) is 46.3 Å². The first-order valence-corrected chi connectivity index (χ1v) is 14.6. The molecule has 2 heterocycles. The van der Waals surface area contributed by atoms with Crippen molar-refractivity contribution in [2.24, 2.45) is 5.92 Å². The number of piperidine rings is 1. The zero-order chi connectivity index (χ0) is 26.6. The Morgan fingerprint density at radius 2 is 1.59 bits per heavy atom. The zero-order valence-corrected chi connectivity index (χ0v) is 23.0. The zero-order valence-electron chi connectivity index (χ0n) is 22.3. The quantitative estimate of drug-likeness (QED) is 0.142. The number of ketones is 1. The maximum Gasteiger partial charge on any atom is 0.195 e. The van der Waals surface area contributed by atoms with Crippen LogP contribution in [0.3, 0.4) is 0 Å². The first kappa shape index (κ1) is 26.0. The number of hydrogen-bond donors (Lipinski definition) is 0. The van der Waals surface area contributed by atoms with Crippen LogP contribution < -0.4 is 9.47 Å². The van der Waals surface area contributed by atoms with Crippen LogP contribution in [0.4, 0.5) is 0 Å². The summed E-state index contributed by atoms with van der Waals surface area (Å²) in [6.07, 6.45) is 9.51. The molecule has 0 spiro atoms. The third kappa shape index (κ3) is 6.48. The van der Waals surface area contributed by atoms with E-state index in [-0.39, 0.29) is 5.78 Å². The van der Waals surface area contributed by atoms with Gasteiger partial charge in [-0.3, -0.25) is 4.79 Å². The molecule has 1 aliphatic heterocycles. The number of likely N-dealkylation sites (tertiary alicyclic amines) is 1. The van der Waals surface area contributed by atoms with Crippen molar-refractivity contribution >= 4 is 28.3 Å². The van der Waals surface area contributed by atoms with Crippen molar-refractivity contribution in [2.45, 2.75) is 45.1 Å². The summed E-state index contributed by atoms with van der Waals surface area (Å²) in [5, 5.41) is 1.57. The van der Waals surface area contributed by atoms with E-state index >= 15 is 0 Å². The van der Waals surface area contributed by atoms with Crippen molar-refractivity contribution < 1.29 is 14.3 Å². The van der Waals surface area contributed by atoms with E-state index < -0.39 is 0 Å². The highest BCUT2D eigenvalue weighted by molar-refractivity contribution is 6.30. The van der Waals surface area contributed by atoms with Gasteiger partial charge in [0.25, 0.3) is 0 Å². The van der Waals surface area contributed by atoms with Crippen LogP contribution in [0, 0.1) is 5.92 Å². The van der Waals surface area contributed by atoms with Crippen LogP contribution in [-0.4, -0.2) is 41.5 Å². The van der Waals surface area contributed by atoms with Gasteiger partial charge in [-0.05, 0) is 118 Å². The summed E-state index contributed by atoms with van der Waals surface area (Å²) < 4.78 is 14.3. The van der Waals surface area contributed by atoms with Gasteiger partial charge >= 0.3 is 0 Å². The Morgan fingerprint density at radius 3 is 2.33 bits per heavy atom. The second-order valence-corrected chi connectivity index (χ2v) is 11.3. The molecule has 1 aliphatic carbocycles. The standard InChI is InChI=1S/C33H35ClN2O3/c34-26-9-13-28(14-10-26)39-29-15-16-32-30(21-29)31(23-36(32)22-24-5-6-24)33(37)25-7-11-27(12-8-25)38-20-4-19-35-17-2-1-3-18-35/h7-16,21,23-24H,1-6,17-20,22H2. The van der Waals surface area contributed by atoms with Gasteiger partial charge in [-0.25, -0.2) is 0 Å². The number of hydrogen-bond acceptors (Lipinski definition) is 4. The van der Waals surface area contributed by atoms with E-state index in [0.29, 0.717) is 40.2 Å². The number of ether oxygens (including phenoxy) is 2. The molecule has 0 N–H and O–H groups in total. The van der Waals surface area contributed by atoms with E-state index in [1.807, 2.05) is 54.7 Å². The fourth-order valence-corrected chi connectivity index (χ4v) is 5.53. The number of carbonyl (C=O) groups excluding carboxylic acids is 1. The fourth-order valence-electron chi connectivity index (χ4n) is 5.41. The lowest BCUT2D eigenvalue weighted by atomic mass is 10.0. The van der Waals surface area contributed by atoms with Gasteiger partial charge in [-0.2, -0.15) is 0 Å². The van der Waals surface area contributed by atoms with Crippen molar-refractivity contribution in [3.8, 4) is 17.2 Å². The highest BCUT2D eigenvalue weighted by Crippen LogP contribution is 2.35. The monoisotopic (exact) mass is 542 g/mol. The van der Waals surface area contributed by atoms with Crippen LogP contribution >= 0.6 is 11.6 Å². The molecule has 1 saturated heterocycles. The van der Waals surface area contributed by atoms with Crippen molar-refractivity contribution in [1.29, 1.82) is 0 Å². The van der Waals surface area contributed by atoms with Gasteiger partial charge < -0.3 is 18.9 Å². The van der Waals surface area contributed by atoms with Gasteiger partial charge in [0.2, 0.25) is 0 Å². The smallest absolute Gasteiger partial charge is 0.195 e. The summed E-state index contributed by atoms with van der Waals surface area (Å²) in [5.41, 5.74) is 2.41. The van der Waals surface area contributed by atoms with E-state index in [2.05, 4.69) is 15.5 Å². The predicted molar refractivity (Wildman–Crippen MR) is 156 cm³/mol. The van der Waals surface area contributed by atoms with Crippen LogP contribution in [0.5, 0.6) is 17.2 Å². The average molecular weight is 543 g/mol. The molecule has 0 radical (unpaired) electrons. The summed E-state index contributed by atoms with van der Waals surface area (Å²) in [5.74, 6) is 2.90. The van der Waals surface area contributed by atoms with E-state index in [9.17, 15) is 4.79 Å². The molecule has 0 bridgehead atoms. The topological polar surface area (TPSA) is 43.7 Å². The first-order chi connectivity index (χ1) is 19.1. The molecule has 0 atom stereocenters. The number of halogens is 1. The lowest BCUT2D eigenvalue weighted by Crippen LogP contribution is -2.31. The SMILES string of the molecule is O=C(c1ccc(OCCCN2CCCCC2)cc1)c1cn(CC2CC2)c2ccc(Oc3ccc(Cl)cc3)cc12. The highest BCUT2D eigenvalue weighted by Gasteiger charge is 2.24. The molecule has 1 saturated carbocycles. The third-order valence-corrected chi connectivity index (χ3v) is 8.00. The summed E-state index contributed by atoms with van der Waals surface area (Å²) in [6, 6.07) is 20.9. The molecule has 39 heavy (non-hydrogen) atoms. The number of fused-ring (bicyclic) bond motifs is 1. The Bertz CT molecular complexity index is 1420. The fraction of sp³-hybridized carbons (Fsp3) is 0.364. The maximum atomic E-state index is 13.7. The normalized spacial score (nSPS) is 15.9. The van der Waals surface area contributed by atoms with Crippen molar-refractivity contribution in [1.82, 2.24) is 9.47 Å². The van der Waals surface area contributed by atoms with Crippen LogP contribution in [-0.2, 0) is 6.54 Å². The van der Waals surface area contributed by atoms with Crippen molar-refractivity contribution in [3.63, 3.8) is 0 Å². The lowest BCUT2D eigenvalue weighted by molar-refractivity contribution is 0.104. The average Bonchev–Trinajstić information content (AvgIpc) is 3.72. The second-order valence-electron chi connectivity index (χ2n) is 10.8. The van der Waals surface area contributed by atoms with Crippen LogP contribution in [0.2, 0.25) is 5.02 Å². The van der Waals surface area contributed by atoms with Gasteiger partial charge in [0.1, 0.15) is 17.2 Å². The molecule has 0 amide bonds. The number of nitrogens with zero attached hydrogens (tertiary/aromatic N) is 2. The van der Waals surface area contributed by atoms with Crippen LogP contribution in [0.25, 0.3) is 10.9 Å². The maximum absolute atomic E-state index is 13.7. The van der Waals surface area contributed by atoms with Gasteiger partial charge in [-0.15, -0.1) is 0 Å². The van der Waals surface area contributed by atoms with Gasteiger partial charge in [0.15, 0.2) is 5.78 Å². The molecule has 5 nitrogen and oxygen atoms in total. The number of carbonyl (C=O) groups is 1. The molecular weight excluding hydrogens is 508 g/mol. The Labute approximate surface area is 235 Å². The van der Waals surface area contributed by atoms with Crippen molar-refractivity contribution in [2.75, 3.05) is 26.2 Å². The summed E-state index contributed by atoms with van der Waals surface area (Å²) in [4.78, 5) is 16.2. The molecule has 202 valence electrons. The molecule has 0 unspecified atom stereocenters. The number of rotatable bonds is 11. The molecule has 4 aromatic rings. The minimum absolute atomic E-state index is 0.00911. The van der Waals surface area contributed by atoms with Crippen LogP contribution in [0.1, 0.15) is 54.4 Å². The minimum Gasteiger partial charge on any atom is -0.494 e. The molecule has 3 aromatic carbocycles. The highest BCUT2D eigenvalue weighted by atomic mass is 35.5. The van der Waals surface area contributed by atoms with Crippen molar-refractivity contribution in [3.05, 3.63) is 89.1 Å². The second kappa shape index (κ2) is 11.8. The molecule has 1 aromatic heterocycles. The lowest BCUT2D eigenvalue weighted by Gasteiger charge is -2.26. The molecule has 2 fully saturated rings. The summed E-state index contributed by atoms with van der Waals surface area (Å²) >= 11 is 6.02. The van der Waals surface area contributed by atoms with E-state index in [0.717, 1.165) is 36.2 Å². The molecule has 6 rings (SSSR count). The molecular formula is C33H35ClN2O3. The summed E-state index contributed by atoms with van der Waals surface area (Å²) in [7, 11) is 0. The Balaban J connectivity index is 1.17. The summed E-state index contributed by atoms with van der Waals surface area (Å²) in [6.45, 7) is 5.14. The van der Waals surface area contributed by atoms with E-state index in [1.165, 1.54) is 45.2 Å². The molecule has 2 aliphatic rings. The van der Waals surface area contributed by atoms with Gasteiger partial charge in [-0.1, -0.05) is 18.0 Å². The van der Waals surface area contributed by atoms with Crippen LogP contribution in [0.15, 0.2) is 72.9 Å². The van der Waals surface area contributed by atoms with E-state index in [4.69, 9.17) is 21.1 Å². The number of aromatic nitrogens is 1. The molecule has 6 heteroatoms. The predicted octanol–water partition coefficient (Wildman–Crippen LogP) is 7.98. The Morgan fingerprint density at radius 1 is 0.872 bits per heavy atom. The largest absolute Gasteiger partial charge is 0.494 e. The first-order valence-electron chi connectivity index (χ1n) is 14.2. The minimum atomic E-state index is 0.00911. The number of benzene rings is 3.